The van der Waals surface area contributed by atoms with E-state index in [0.717, 1.165) is 18.8 Å². The number of guanidine groups is 1. The van der Waals surface area contributed by atoms with Gasteiger partial charge in [0.1, 0.15) is 6.10 Å². The lowest BCUT2D eigenvalue weighted by Crippen LogP contribution is -2.45. The molecule has 1 aliphatic rings. The van der Waals surface area contributed by atoms with Crippen LogP contribution in [0.25, 0.3) is 0 Å². The summed E-state index contributed by atoms with van der Waals surface area (Å²) >= 11 is 0. The van der Waals surface area contributed by atoms with Gasteiger partial charge in [0.2, 0.25) is 0 Å². The van der Waals surface area contributed by atoms with Crippen LogP contribution in [0.1, 0.15) is 19.8 Å². The van der Waals surface area contributed by atoms with Crippen molar-refractivity contribution in [3.63, 3.8) is 0 Å². The van der Waals surface area contributed by atoms with Crippen LogP contribution < -0.4 is 15.4 Å². The molecule has 6 heteroatoms. The van der Waals surface area contributed by atoms with Crippen molar-refractivity contribution in [2.45, 2.75) is 31.9 Å². The number of para-hydroxylation sites is 1. The highest BCUT2D eigenvalue weighted by Gasteiger charge is 2.13. The number of nitrogens with one attached hydrogen (secondary N) is 2. The number of rotatable bonds is 5. The summed E-state index contributed by atoms with van der Waals surface area (Å²) in [6, 6.07) is 6.82. The minimum Gasteiger partial charge on any atom is -0.486 e. The lowest BCUT2D eigenvalue weighted by molar-refractivity contribution is 0.214. The Morgan fingerprint density at radius 3 is 2.68 bits per heavy atom. The summed E-state index contributed by atoms with van der Waals surface area (Å²) in [5.74, 6) is 0.673. The van der Waals surface area contributed by atoms with E-state index >= 15 is 0 Å². The van der Waals surface area contributed by atoms with Crippen molar-refractivity contribution in [1.82, 2.24) is 10.6 Å². The fourth-order valence-corrected chi connectivity index (χ4v) is 2.16. The lowest BCUT2D eigenvalue weighted by Gasteiger charge is -2.20. The Bertz CT molecular complexity index is 514. The van der Waals surface area contributed by atoms with Crippen LogP contribution in [0, 0.1) is 5.82 Å². The smallest absolute Gasteiger partial charge is 0.191 e. The standard InChI is InChI=1S/C16H22FN3O.HI/c1-12(21-15-10-6-5-9-14(15)17)11-19-16(18-2)20-13-7-3-4-8-13;/h3-6,9-10,12-13H,7-8,11H2,1-2H3,(H2,18,19,20);1H. The Hall–Kier alpha value is -1.31. The summed E-state index contributed by atoms with van der Waals surface area (Å²) in [7, 11) is 1.74. The molecule has 122 valence electrons. The van der Waals surface area contributed by atoms with E-state index < -0.39 is 0 Å². The second kappa shape index (κ2) is 9.66. The maximum absolute atomic E-state index is 13.5. The quantitative estimate of drug-likeness (QED) is 0.334. The topological polar surface area (TPSA) is 45.7 Å². The zero-order valence-corrected chi connectivity index (χ0v) is 15.2. The molecule has 2 N–H and O–H groups in total. The van der Waals surface area contributed by atoms with Gasteiger partial charge in [0.25, 0.3) is 0 Å². The first kappa shape index (κ1) is 18.7. The minimum absolute atomic E-state index is 0. The van der Waals surface area contributed by atoms with Crippen LogP contribution >= 0.6 is 24.0 Å². The maximum atomic E-state index is 13.5. The first-order chi connectivity index (χ1) is 10.2. The second-order valence-electron chi connectivity index (χ2n) is 5.10. The highest BCUT2D eigenvalue weighted by molar-refractivity contribution is 14.0. The average molecular weight is 419 g/mol. The van der Waals surface area contributed by atoms with E-state index in [2.05, 4.69) is 27.8 Å². The van der Waals surface area contributed by atoms with Crippen LogP contribution in [0.3, 0.4) is 0 Å². The molecule has 1 atom stereocenters. The largest absolute Gasteiger partial charge is 0.486 e. The first-order valence-electron chi connectivity index (χ1n) is 7.22. The van der Waals surface area contributed by atoms with Gasteiger partial charge >= 0.3 is 0 Å². The van der Waals surface area contributed by atoms with E-state index in [1.165, 1.54) is 6.07 Å². The Balaban J connectivity index is 0.00000242. The fourth-order valence-electron chi connectivity index (χ4n) is 2.16. The number of benzene rings is 1. The zero-order valence-electron chi connectivity index (χ0n) is 12.9. The Kier molecular flexibility index (Phi) is 8.22. The third kappa shape index (κ3) is 5.82. The van der Waals surface area contributed by atoms with Crippen LogP contribution in [-0.4, -0.2) is 31.7 Å². The fraction of sp³-hybridized carbons (Fsp3) is 0.438. The molecule has 0 amide bonds. The molecule has 0 bridgehead atoms. The number of ether oxygens (including phenoxy) is 1. The lowest BCUT2D eigenvalue weighted by atomic mass is 10.2. The molecule has 1 aromatic rings. The molecule has 0 heterocycles. The summed E-state index contributed by atoms with van der Waals surface area (Å²) in [6.45, 7) is 2.44. The van der Waals surface area contributed by atoms with Crippen molar-refractivity contribution in [3.05, 3.63) is 42.2 Å². The predicted molar refractivity (Wildman–Crippen MR) is 98.6 cm³/mol. The van der Waals surface area contributed by atoms with Gasteiger partial charge in [-0.2, -0.15) is 0 Å². The van der Waals surface area contributed by atoms with Gasteiger partial charge in [0, 0.05) is 13.1 Å². The van der Waals surface area contributed by atoms with E-state index in [9.17, 15) is 4.39 Å². The molecule has 1 aliphatic carbocycles. The molecule has 1 unspecified atom stereocenters. The number of aliphatic imine (C=N–C) groups is 1. The highest BCUT2D eigenvalue weighted by Crippen LogP contribution is 2.16. The average Bonchev–Trinajstić information content (AvgIpc) is 2.99. The summed E-state index contributed by atoms with van der Waals surface area (Å²) < 4.78 is 19.1. The highest BCUT2D eigenvalue weighted by atomic mass is 127. The number of halogens is 2. The van der Waals surface area contributed by atoms with E-state index in [4.69, 9.17) is 4.74 Å². The van der Waals surface area contributed by atoms with Gasteiger partial charge in [0.05, 0.1) is 6.54 Å². The summed E-state index contributed by atoms with van der Waals surface area (Å²) in [5.41, 5.74) is 0. The third-order valence-electron chi connectivity index (χ3n) is 3.29. The molecule has 0 saturated carbocycles. The van der Waals surface area contributed by atoms with Gasteiger partial charge in [-0.15, -0.1) is 24.0 Å². The van der Waals surface area contributed by atoms with Crippen LogP contribution in [0.5, 0.6) is 5.75 Å². The molecule has 4 nitrogen and oxygen atoms in total. The molecule has 0 fully saturated rings. The minimum atomic E-state index is -0.344. The van der Waals surface area contributed by atoms with E-state index in [0.29, 0.717) is 12.6 Å². The molecule has 0 aromatic heterocycles. The van der Waals surface area contributed by atoms with Crippen molar-refractivity contribution in [2.24, 2.45) is 4.99 Å². The van der Waals surface area contributed by atoms with Crippen molar-refractivity contribution in [3.8, 4) is 5.75 Å². The van der Waals surface area contributed by atoms with Gasteiger partial charge in [-0.25, -0.2) is 4.39 Å². The Morgan fingerprint density at radius 1 is 1.36 bits per heavy atom. The van der Waals surface area contributed by atoms with E-state index in [1.807, 2.05) is 6.92 Å². The molecular formula is C16H23FIN3O. The summed E-state index contributed by atoms with van der Waals surface area (Å²) in [4.78, 5) is 4.19. The van der Waals surface area contributed by atoms with Crippen molar-refractivity contribution in [1.29, 1.82) is 0 Å². The zero-order chi connectivity index (χ0) is 15.1. The molecule has 0 aliphatic heterocycles. The molecular weight excluding hydrogens is 396 g/mol. The van der Waals surface area contributed by atoms with Crippen LogP contribution in [-0.2, 0) is 0 Å². The number of hydrogen-bond donors (Lipinski definition) is 2. The van der Waals surface area contributed by atoms with Gasteiger partial charge < -0.3 is 15.4 Å². The van der Waals surface area contributed by atoms with E-state index in [-0.39, 0.29) is 41.6 Å². The maximum Gasteiger partial charge on any atom is 0.191 e. The predicted octanol–water partition coefficient (Wildman–Crippen LogP) is 3.09. The van der Waals surface area contributed by atoms with Crippen LogP contribution in [0.4, 0.5) is 4.39 Å². The van der Waals surface area contributed by atoms with Crippen molar-refractivity contribution >= 4 is 29.9 Å². The summed E-state index contributed by atoms with van der Waals surface area (Å²) in [6.07, 6.45) is 6.19. The molecule has 2 rings (SSSR count). The third-order valence-corrected chi connectivity index (χ3v) is 3.29. The number of nitrogens with zero attached hydrogens (tertiary/aromatic N) is 1. The molecule has 0 saturated heterocycles. The molecule has 0 radical (unpaired) electrons. The SMILES string of the molecule is CN=C(NCC(C)Oc1ccccc1F)NC1CC=CC1.I. The van der Waals surface area contributed by atoms with Crippen molar-refractivity contribution in [2.75, 3.05) is 13.6 Å². The normalized spacial score (nSPS) is 16.0. The van der Waals surface area contributed by atoms with Gasteiger partial charge in [-0.1, -0.05) is 24.3 Å². The van der Waals surface area contributed by atoms with Gasteiger partial charge in [0.15, 0.2) is 17.5 Å². The van der Waals surface area contributed by atoms with E-state index in [1.54, 1.807) is 25.2 Å². The molecule has 0 spiro atoms. The van der Waals surface area contributed by atoms with Crippen molar-refractivity contribution < 1.29 is 9.13 Å². The second-order valence-corrected chi connectivity index (χ2v) is 5.10. The molecule has 22 heavy (non-hydrogen) atoms. The van der Waals surface area contributed by atoms with Crippen LogP contribution in [0.15, 0.2) is 41.4 Å². The molecule has 1 aromatic carbocycles. The Morgan fingerprint density at radius 2 is 2.05 bits per heavy atom. The Labute approximate surface area is 148 Å². The van der Waals surface area contributed by atoms with Gasteiger partial charge in [-0.05, 0) is 31.9 Å². The monoisotopic (exact) mass is 419 g/mol. The first-order valence-corrected chi connectivity index (χ1v) is 7.22. The number of hydrogen-bond acceptors (Lipinski definition) is 2. The van der Waals surface area contributed by atoms with Crippen LogP contribution in [0.2, 0.25) is 0 Å². The summed E-state index contributed by atoms with van der Waals surface area (Å²) in [5, 5.41) is 6.54. The van der Waals surface area contributed by atoms with Gasteiger partial charge in [-0.3, -0.25) is 4.99 Å².